The van der Waals surface area contributed by atoms with Crippen LogP contribution in [-0.4, -0.2) is 0 Å². The molecular formula is C15H20. The number of hydrogen-bond donors (Lipinski definition) is 0. The van der Waals surface area contributed by atoms with E-state index in [9.17, 15) is 0 Å². The number of allylic oxidation sites excluding steroid dienone is 4. The number of benzene rings is 1. The van der Waals surface area contributed by atoms with E-state index >= 15 is 0 Å². The topological polar surface area (TPSA) is 0 Å². The van der Waals surface area contributed by atoms with Crippen molar-refractivity contribution in [3.05, 3.63) is 66.8 Å². The molecule has 0 spiro atoms. The van der Waals surface area contributed by atoms with E-state index in [0.717, 1.165) is 5.57 Å². The van der Waals surface area contributed by atoms with E-state index < -0.39 is 0 Å². The third-order valence-electron chi connectivity index (χ3n) is 1.79. The van der Waals surface area contributed by atoms with Gasteiger partial charge in [-0.25, -0.2) is 0 Å². The van der Waals surface area contributed by atoms with E-state index in [-0.39, 0.29) is 0 Å². The molecule has 1 aromatic rings. The van der Waals surface area contributed by atoms with Crippen molar-refractivity contribution >= 4 is 5.57 Å². The van der Waals surface area contributed by atoms with Gasteiger partial charge in [-0.2, -0.15) is 0 Å². The Morgan fingerprint density at radius 2 is 1.60 bits per heavy atom. The fourth-order valence-corrected chi connectivity index (χ4v) is 1.07. The molecule has 0 aliphatic rings. The van der Waals surface area contributed by atoms with Crippen LogP contribution in [-0.2, 0) is 0 Å². The highest BCUT2D eigenvalue weighted by molar-refractivity contribution is 5.71. The lowest BCUT2D eigenvalue weighted by Crippen LogP contribution is -1.78. The molecule has 0 amide bonds. The van der Waals surface area contributed by atoms with Crippen molar-refractivity contribution in [2.75, 3.05) is 0 Å². The highest BCUT2D eigenvalue weighted by Gasteiger charge is 1.92. The van der Waals surface area contributed by atoms with Gasteiger partial charge in [-0.15, -0.1) is 6.58 Å². The summed E-state index contributed by atoms with van der Waals surface area (Å²) in [5.41, 5.74) is 3.54. The largest absolute Gasteiger partial charge is 0.103 e. The van der Waals surface area contributed by atoms with Gasteiger partial charge in [0.15, 0.2) is 0 Å². The van der Waals surface area contributed by atoms with E-state index in [0.29, 0.717) is 0 Å². The summed E-state index contributed by atoms with van der Waals surface area (Å²) in [6.07, 6.45) is 5.77. The highest BCUT2D eigenvalue weighted by atomic mass is 14.0. The molecule has 0 heterocycles. The predicted octanol–water partition coefficient (Wildman–Crippen LogP) is 4.78. The summed E-state index contributed by atoms with van der Waals surface area (Å²) in [5.74, 6) is 0. The quantitative estimate of drug-likeness (QED) is 0.476. The van der Waals surface area contributed by atoms with E-state index in [1.807, 2.05) is 26.0 Å². The molecule has 0 saturated carbocycles. The van der Waals surface area contributed by atoms with Gasteiger partial charge < -0.3 is 0 Å². The number of rotatable bonds is 2. The maximum absolute atomic E-state index is 3.96. The zero-order chi connectivity index (χ0) is 11.7. The third kappa shape index (κ3) is 5.69. The normalized spacial score (nSPS) is 9.27. The van der Waals surface area contributed by atoms with Gasteiger partial charge in [0.2, 0.25) is 0 Å². The van der Waals surface area contributed by atoms with Crippen molar-refractivity contribution < 1.29 is 0 Å². The fourth-order valence-electron chi connectivity index (χ4n) is 1.07. The molecule has 0 aliphatic heterocycles. The monoisotopic (exact) mass is 200 g/mol. The van der Waals surface area contributed by atoms with Crippen molar-refractivity contribution in [2.45, 2.75) is 20.8 Å². The highest BCUT2D eigenvalue weighted by Crippen LogP contribution is 2.13. The Labute approximate surface area is 93.7 Å². The lowest BCUT2D eigenvalue weighted by Gasteiger charge is -1.99. The van der Waals surface area contributed by atoms with E-state index in [1.165, 1.54) is 11.1 Å². The van der Waals surface area contributed by atoms with Crippen molar-refractivity contribution in [2.24, 2.45) is 0 Å². The van der Waals surface area contributed by atoms with Crippen molar-refractivity contribution in [1.82, 2.24) is 0 Å². The Kier molecular flexibility index (Phi) is 7.00. The first-order valence-corrected chi connectivity index (χ1v) is 5.11. The summed E-state index contributed by atoms with van der Waals surface area (Å²) in [6, 6.07) is 8.39. The SMILES string of the molecule is C=C(/C=C\C)c1ccc(C)cc1.C=CC. The smallest absolute Gasteiger partial charge is 0.0190 e. The van der Waals surface area contributed by atoms with Gasteiger partial charge >= 0.3 is 0 Å². The second-order valence-corrected chi connectivity index (χ2v) is 3.30. The summed E-state index contributed by atoms with van der Waals surface area (Å²) >= 11 is 0. The zero-order valence-corrected chi connectivity index (χ0v) is 9.96. The minimum atomic E-state index is 1.07. The zero-order valence-electron chi connectivity index (χ0n) is 9.96. The van der Waals surface area contributed by atoms with Crippen LogP contribution in [0.3, 0.4) is 0 Å². The van der Waals surface area contributed by atoms with Crippen LogP contribution in [0.5, 0.6) is 0 Å². The predicted molar refractivity (Wildman–Crippen MR) is 70.9 cm³/mol. The molecule has 0 nitrogen and oxygen atoms in total. The van der Waals surface area contributed by atoms with Crippen LogP contribution >= 0.6 is 0 Å². The summed E-state index contributed by atoms with van der Waals surface area (Å²) in [5, 5.41) is 0. The molecule has 1 rings (SSSR count). The van der Waals surface area contributed by atoms with Gasteiger partial charge in [-0.05, 0) is 31.9 Å². The van der Waals surface area contributed by atoms with Gasteiger partial charge in [0, 0.05) is 0 Å². The lowest BCUT2D eigenvalue weighted by atomic mass is 10.1. The van der Waals surface area contributed by atoms with Gasteiger partial charge in [-0.3, -0.25) is 0 Å². The lowest BCUT2D eigenvalue weighted by molar-refractivity contribution is 1.46. The van der Waals surface area contributed by atoms with Gasteiger partial charge in [-0.1, -0.05) is 54.6 Å². The molecule has 0 bridgehead atoms. The van der Waals surface area contributed by atoms with Crippen LogP contribution in [0.1, 0.15) is 25.0 Å². The summed E-state index contributed by atoms with van der Waals surface area (Å²) in [7, 11) is 0. The Morgan fingerprint density at radius 3 is 2.00 bits per heavy atom. The Balaban J connectivity index is 0.000000583. The molecule has 0 heteroatoms. The Bertz CT molecular complexity index is 326. The van der Waals surface area contributed by atoms with Crippen LogP contribution in [0, 0.1) is 6.92 Å². The van der Waals surface area contributed by atoms with Gasteiger partial charge in [0.1, 0.15) is 0 Å². The molecule has 80 valence electrons. The Morgan fingerprint density at radius 1 is 1.13 bits per heavy atom. The van der Waals surface area contributed by atoms with Crippen LogP contribution in [0.2, 0.25) is 0 Å². The minimum absolute atomic E-state index is 1.07. The first-order valence-electron chi connectivity index (χ1n) is 5.11. The molecular weight excluding hydrogens is 180 g/mol. The van der Waals surface area contributed by atoms with Crippen LogP contribution in [0.4, 0.5) is 0 Å². The summed E-state index contributed by atoms with van der Waals surface area (Å²) in [4.78, 5) is 0. The molecule has 1 aromatic carbocycles. The fraction of sp³-hybridized carbons (Fsp3) is 0.200. The molecule has 0 atom stereocenters. The third-order valence-corrected chi connectivity index (χ3v) is 1.79. The van der Waals surface area contributed by atoms with Crippen molar-refractivity contribution in [3.8, 4) is 0 Å². The second kappa shape index (κ2) is 7.81. The summed E-state index contributed by atoms with van der Waals surface area (Å²) < 4.78 is 0. The maximum Gasteiger partial charge on any atom is -0.0190 e. The molecule has 0 saturated heterocycles. The minimum Gasteiger partial charge on any atom is -0.103 e. The molecule has 0 aliphatic carbocycles. The van der Waals surface area contributed by atoms with E-state index in [4.69, 9.17) is 0 Å². The molecule has 0 aromatic heterocycles. The molecule has 0 radical (unpaired) electrons. The van der Waals surface area contributed by atoms with Crippen LogP contribution in [0.15, 0.2) is 55.7 Å². The Hall–Kier alpha value is -1.56. The van der Waals surface area contributed by atoms with Crippen LogP contribution < -0.4 is 0 Å². The van der Waals surface area contributed by atoms with Gasteiger partial charge in [0.05, 0.1) is 0 Å². The maximum atomic E-state index is 3.96. The molecule has 0 unspecified atom stereocenters. The van der Waals surface area contributed by atoms with Gasteiger partial charge in [0.25, 0.3) is 0 Å². The number of aryl methyl sites for hydroxylation is 1. The van der Waals surface area contributed by atoms with Crippen molar-refractivity contribution in [1.29, 1.82) is 0 Å². The molecule has 0 fully saturated rings. The van der Waals surface area contributed by atoms with Crippen LogP contribution in [0.25, 0.3) is 5.57 Å². The molecule has 0 N–H and O–H groups in total. The second-order valence-electron chi connectivity index (χ2n) is 3.30. The molecule has 15 heavy (non-hydrogen) atoms. The first kappa shape index (κ1) is 13.4. The number of hydrogen-bond acceptors (Lipinski definition) is 0. The van der Waals surface area contributed by atoms with E-state index in [1.54, 1.807) is 6.08 Å². The standard InChI is InChI=1S/C12H14.C3H6/c1-4-5-11(3)12-8-6-10(2)7-9-12;1-3-2/h4-9H,3H2,1-2H3;3H,1H2,2H3/b5-4-;. The average molecular weight is 200 g/mol. The summed E-state index contributed by atoms with van der Waals surface area (Å²) in [6.45, 7) is 13.3. The first-order chi connectivity index (χ1) is 7.15. The van der Waals surface area contributed by atoms with Crippen molar-refractivity contribution in [3.63, 3.8) is 0 Å². The van der Waals surface area contributed by atoms with E-state index in [2.05, 4.69) is 44.3 Å². The average Bonchev–Trinajstić information content (AvgIpc) is 2.20.